The summed E-state index contributed by atoms with van der Waals surface area (Å²) >= 11 is 1.41. The molecule has 0 N–H and O–H groups in total. The summed E-state index contributed by atoms with van der Waals surface area (Å²) in [5, 5.41) is 18.3. The van der Waals surface area contributed by atoms with Gasteiger partial charge in [0.25, 0.3) is 0 Å². The molecule has 3 aromatic heterocycles. The Bertz CT molecular complexity index is 1500. The van der Waals surface area contributed by atoms with Crippen molar-refractivity contribution in [2.24, 2.45) is 10.1 Å². The van der Waals surface area contributed by atoms with Crippen LogP contribution in [0.3, 0.4) is 0 Å². The number of aromatic nitrogens is 1. The Morgan fingerprint density at radius 1 is 1.06 bits per heavy atom. The van der Waals surface area contributed by atoms with E-state index in [9.17, 15) is 10.1 Å². The van der Waals surface area contributed by atoms with Crippen LogP contribution in [0.1, 0.15) is 11.3 Å². The van der Waals surface area contributed by atoms with Crippen molar-refractivity contribution in [3.05, 3.63) is 98.3 Å². The fourth-order valence-electron chi connectivity index (χ4n) is 3.20. The molecular weight excluding hydrogens is 428 g/mol. The van der Waals surface area contributed by atoms with Crippen LogP contribution in [0.4, 0.5) is 11.6 Å². The van der Waals surface area contributed by atoms with Crippen LogP contribution in [0.25, 0.3) is 22.4 Å². The first kappa shape index (κ1) is 19.7. The first-order valence-electron chi connectivity index (χ1n) is 9.66. The number of thiazole rings is 1. The number of fused-ring (bicyclic) bond motifs is 1. The Balaban J connectivity index is 1.64. The molecule has 0 amide bonds. The Hall–Kier alpha value is -4.24. The van der Waals surface area contributed by atoms with Crippen molar-refractivity contribution in [3.8, 4) is 11.5 Å². The van der Waals surface area contributed by atoms with Gasteiger partial charge in [-0.1, -0.05) is 30.3 Å². The highest BCUT2D eigenvalue weighted by Crippen LogP contribution is 2.28. The van der Waals surface area contributed by atoms with Crippen LogP contribution in [0.5, 0.6) is 0 Å². The van der Waals surface area contributed by atoms with E-state index in [-0.39, 0.29) is 11.6 Å². The second kappa shape index (κ2) is 8.12. The second-order valence-corrected chi connectivity index (χ2v) is 7.83. The van der Waals surface area contributed by atoms with E-state index in [4.69, 9.17) is 13.8 Å². The number of hydrogen-bond acceptors (Lipinski definition) is 7. The van der Waals surface area contributed by atoms with E-state index in [0.29, 0.717) is 16.3 Å². The molecule has 0 saturated heterocycles. The number of nitrogens with zero attached hydrogens (tertiary/aromatic N) is 4. The lowest BCUT2D eigenvalue weighted by Crippen LogP contribution is -2.11. The Kier molecular flexibility index (Phi) is 5.00. The number of aryl methyl sites for hydroxylation is 1. The SMILES string of the molecule is Cc1cccc(N=c2scc(-c3cc4ccccc4o3)n2N=Cc2ccc([N+](=O)[O-])o2)c1. The second-order valence-electron chi connectivity index (χ2n) is 6.99. The average molecular weight is 444 g/mol. The first-order chi connectivity index (χ1) is 15.6. The molecule has 158 valence electrons. The van der Waals surface area contributed by atoms with Gasteiger partial charge in [-0.15, -0.1) is 11.3 Å². The summed E-state index contributed by atoms with van der Waals surface area (Å²) in [6.07, 6.45) is 1.42. The highest BCUT2D eigenvalue weighted by Gasteiger charge is 2.14. The first-order valence-corrected chi connectivity index (χ1v) is 10.5. The summed E-state index contributed by atoms with van der Waals surface area (Å²) in [4.78, 5) is 15.7. The normalized spacial score (nSPS) is 12.2. The van der Waals surface area contributed by atoms with Crippen molar-refractivity contribution >= 4 is 40.1 Å². The van der Waals surface area contributed by atoms with Crippen molar-refractivity contribution in [1.82, 2.24) is 4.68 Å². The molecule has 32 heavy (non-hydrogen) atoms. The zero-order valence-electron chi connectivity index (χ0n) is 16.8. The molecule has 9 heteroatoms. The van der Waals surface area contributed by atoms with Gasteiger partial charge >= 0.3 is 5.88 Å². The van der Waals surface area contributed by atoms with Crippen LogP contribution >= 0.6 is 11.3 Å². The van der Waals surface area contributed by atoms with Crippen molar-refractivity contribution in [1.29, 1.82) is 0 Å². The van der Waals surface area contributed by atoms with Gasteiger partial charge in [0.05, 0.1) is 18.0 Å². The largest absolute Gasteiger partial charge is 0.454 e. The third-order valence-corrected chi connectivity index (χ3v) is 5.50. The Morgan fingerprint density at radius 3 is 2.72 bits per heavy atom. The molecule has 5 rings (SSSR count). The van der Waals surface area contributed by atoms with Crippen LogP contribution in [0, 0.1) is 17.0 Å². The summed E-state index contributed by atoms with van der Waals surface area (Å²) in [5.74, 6) is 0.548. The monoisotopic (exact) mass is 444 g/mol. The molecule has 5 aromatic rings. The third kappa shape index (κ3) is 3.88. The molecule has 0 aliphatic rings. The van der Waals surface area contributed by atoms with E-state index >= 15 is 0 Å². The number of rotatable bonds is 5. The maximum absolute atomic E-state index is 10.9. The summed E-state index contributed by atoms with van der Waals surface area (Å²) in [6, 6.07) is 20.3. The minimum Gasteiger partial charge on any atom is -0.454 e. The minimum atomic E-state index is -0.590. The van der Waals surface area contributed by atoms with Crippen molar-refractivity contribution in [2.75, 3.05) is 0 Å². The molecule has 0 fully saturated rings. The van der Waals surface area contributed by atoms with Gasteiger partial charge in [-0.3, -0.25) is 10.1 Å². The number of furan rings is 2. The van der Waals surface area contributed by atoms with Crippen molar-refractivity contribution in [3.63, 3.8) is 0 Å². The summed E-state index contributed by atoms with van der Waals surface area (Å²) in [5.41, 5.74) is 3.36. The highest BCUT2D eigenvalue weighted by molar-refractivity contribution is 7.07. The van der Waals surface area contributed by atoms with Crippen LogP contribution < -0.4 is 4.80 Å². The third-order valence-electron chi connectivity index (χ3n) is 4.68. The number of nitro groups is 1. The van der Waals surface area contributed by atoms with Gasteiger partial charge in [0.1, 0.15) is 16.2 Å². The lowest BCUT2D eigenvalue weighted by atomic mass is 10.2. The van der Waals surface area contributed by atoms with E-state index in [0.717, 1.165) is 22.2 Å². The predicted molar refractivity (Wildman–Crippen MR) is 122 cm³/mol. The van der Waals surface area contributed by atoms with Gasteiger partial charge in [0, 0.05) is 10.8 Å². The molecular formula is C23H16N4O4S. The van der Waals surface area contributed by atoms with Crippen molar-refractivity contribution < 1.29 is 13.8 Å². The standard InChI is InChI=1S/C23H16N4O4S/c1-15-5-4-7-17(11-15)25-23-26(24-13-18-9-10-22(30-18)27(28)29)19(14-32-23)21-12-16-6-2-3-8-20(16)31-21/h2-14H,1H3. The number of para-hydroxylation sites is 1. The van der Waals surface area contributed by atoms with Gasteiger partial charge in [-0.05, 0) is 42.8 Å². The van der Waals surface area contributed by atoms with E-state index in [1.807, 2.05) is 66.9 Å². The zero-order valence-corrected chi connectivity index (χ0v) is 17.7. The van der Waals surface area contributed by atoms with E-state index in [2.05, 4.69) is 5.10 Å². The maximum atomic E-state index is 10.9. The van der Waals surface area contributed by atoms with E-state index in [1.54, 1.807) is 4.68 Å². The zero-order chi connectivity index (χ0) is 22.1. The molecule has 0 aliphatic heterocycles. The molecule has 0 saturated carbocycles. The summed E-state index contributed by atoms with van der Waals surface area (Å²) < 4.78 is 12.9. The van der Waals surface area contributed by atoms with Gasteiger partial charge in [-0.2, -0.15) is 5.10 Å². The predicted octanol–water partition coefficient (Wildman–Crippen LogP) is 5.89. The minimum absolute atomic E-state index is 0.257. The van der Waals surface area contributed by atoms with Crippen LogP contribution in [-0.2, 0) is 0 Å². The molecule has 0 radical (unpaired) electrons. The Labute approximate surface area is 185 Å². The van der Waals surface area contributed by atoms with Gasteiger partial charge in [-0.25, -0.2) is 9.67 Å². The molecule has 2 aromatic carbocycles. The van der Waals surface area contributed by atoms with E-state index in [1.165, 1.54) is 29.7 Å². The molecule has 0 spiro atoms. The topological polar surface area (TPSA) is 99.1 Å². The van der Waals surface area contributed by atoms with Crippen molar-refractivity contribution in [2.45, 2.75) is 6.92 Å². The smallest absolute Gasteiger partial charge is 0.433 e. The highest BCUT2D eigenvalue weighted by atomic mass is 32.1. The molecule has 3 heterocycles. The molecule has 8 nitrogen and oxygen atoms in total. The summed E-state index contributed by atoms with van der Waals surface area (Å²) in [6.45, 7) is 2.00. The lowest BCUT2D eigenvalue weighted by Gasteiger charge is -2.00. The lowest BCUT2D eigenvalue weighted by molar-refractivity contribution is -0.402. The van der Waals surface area contributed by atoms with Crippen LogP contribution in [0.2, 0.25) is 0 Å². The maximum Gasteiger partial charge on any atom is 0.433 e. The van der Waals surface area contributed by atoms with Crippen LogP contribution in [-0.4, -0.2) is 15.8 Å². The molecule has 0 atom stereocenters. The van der Waals surface area contributed by atoms with Gasteiger partial charge in [0.2, 0.25) is 4.80 Å². The molecule has 0 bridgehead atoms. The average Bonchev–Trinajstić information content (AvgIpc) is 3.50. The quantitative estimate of drug-likeness (QED) is 0.192. The fourth-order valence-corrected chi connectivity index (χ4v) is 4.04. The molecule has 0 unspecified atom stereocenters. The van der Waals surface area contributed by atoms with Gasteiger partial charge in [0.15, 0.2) is 11.5 Å². The number of hydrogen-bond donors (Lipinski definition) is 0. The number of benzene rings is 2. The fraction of sp³-hybridized carbons (Fsp3) is 0.0435. The van der Waals surface area contributed by atoms with Gasteiger partial charge < -0.3 is 8.83 Å². The Morgan fingerprint density at radius 2 is 1.94 bits per heavy atom. The summed E-state index contributed by atoms with van der Waals surface area (Å²) in [7, 11) is 0. The molecule has 0 aliphatic carbocycles. The van der Waals surface area contributed by atoms with Crippen LogP contribution in [0.15, 0.2) is 91.0 Å². The van der Waals surface area contributed by atoms with E-state index < -0.39 is 4.92 Å².